The average molecular weight is 214 g/mol. The van der Waals surface area contributed by atoms with Crippen LogP contribution < -0.4 is 10.1 Å². The molecule has 78 valence electrons. The highest BCUT2D eigenvalue weighted by molar-refractivity contribution is 5.85. The first kappa shape index (κ1) is 11.3. The molecule has 2 rings (SSSR count). The second kappa shape index (κ2) is 5.89. The molecule has 0 bridgehead atoms. The summed E-state index contributed by atoms with van der Waals surface area (Å²) in [5, 5.41) is 3.40. The van der Waals surface area contributed by atoms with Crippen molar-refractivity contribution in [1.82, 2.24) is 5.32 Å². The second-order valence-electron chi connectivity index (χ2n) is 3.42. The molecule has 1 fully saturated rings. The number of hydrogen-bond donors (Lipinski definition) is 1. The highest BCUT2D eigenvalue weighted by Crippen LogP contribution is 2.11. The molecule has 1 aliphatic rings. The fourth-order valence-corrected chi connectivity index (χ4v) is 1.61. The van der Waals surface area contributed by atoms with Crippen LogP contribution in [-0.4, -0.2) is 19.2 Å². The fourth-order valence-electron chi connectivity index (χ4n) is 1.61. The van der Waals surface area contributed by atoms with Gasteiger partial charge in [0.15, 0.2) is 0 Å². The maximum absolute atomic E-state index is 5.63. The monoisotopic (exact) mass is 213 g/mol. The molecule has 2 nitrogen and oxygen atoms in total. The molecule has 0 spiro atoms. The number of halogens is 1. The van der Waals surface area contributed by atoms with Crippen LogP contribution in [0.1, 0.15) is 12.8 Å². The number of benzene rings is 1. The van der Waals surface area contributed by atoms with Gasteiger partial charge in [-0.1, -0.05) is 18.2 Å². The van der Waals surface area contributed by atoms with Gasteiger partial charge in [-0.2, -0.15) is 0 Å². The van der Waals surface area contributed by atoms with Gasteiger partial charge in [0.05, 0.1) is 0 Å². The lowest BCUT2D eigenvalue weighted by Crippen LogP contribution is -2.28. The Balaban J connectivity index is 0.000000980. The molecule has 14 heavy (non-hydrogen) atoms. The predicted octanol–water partition coefficient (Wildman–Crippen LogP) is 2.24. The maximum Gasteiger partial charge on any atom is 0.119 e. The molecule has 1 saturated heterocycles. The van der Waals surface area contributed by atoms with Crippen molar-refractivity contribution in [3.63, 3.8) is 0 Å². The minimum Gasteiger partial charge on any atom is -0.492 e. The Morgan fingerprint density at radius 2 is 2.07 bits per heavy atom. The van der Waals surface area contributed by atoms with Gasteiger partial charge >= 0.3 is 0 Å². The minimum atomic E-state index is 0. The summed E-state index contributed by atoms with van der Waals surface area (Å²) in [4.78, 5) is 0. The van der Waals surface area contributed by atoms with Crippen molar-refractivity contribution in [2.45, 2.75) is 18.9 Å². The van der Waals surface area contributed by atoms with Crippen LogP contribution in [0.15, 0.2) is 30.3 Å². The van der Waals surface area contributed by atoms with Gasteiger partial charge in [0, 0.05) is 6.04 Å². The zero-order valence-corrected chi connectivity index (χ0v) is 8.93. The summed E-state index contributed by atoms with van der Waals surface area (Å²) >= 11 is 0. The third kappa shape index (κ3) is 3.20. The zero-order valence-electron chi connectivity index (χ0n) is 8.11. The smallest absolute Gasteiger partial charge is 0.119 e. The third-order valence-electron chi connectivity index (χ3n) is 2.36. The molecule has 1 atom stereocenters. The van der Waals surface area contributed by atoms with E-state index in [1.807, 2.05) is 30.3 Å². The zero-order chi connectivity index (χ0) is 8.93. The van der Waals surface area contributed by atoms with E-state index in [2.05, 4.69) is 5.32 Å². The first-order valence-corrected chi connectivity index (χ1v) is 4.86. The van der Waals surface area contributed by atoms with E-state index in [0.29, 0.717) is 6.04 Å². The molecule has 1 aliphatic heterocycles. The Hall–Kier alpha value is -0.730. The molecule has 1 heterocycles. The van der Waals surface area contributed by atoms with Gasteiger partial charge in [0.25, 0.3) is 0 Å². The second-order valence-corrected chi connectivity index (χ2v) is 3.42. The van der Waals surface area contributed by atoms with Crippen molar-refractivity contribution < 1.29 is 4.74 Å². The Bertz CT molecular complexity index is 247. The van der Waals surface area contributed by atoms with Crippen molar-refractivity contribution >= 4 is 12.4 Å². The van der Waals surface area contributed by atoms with E-state index in [1.165, 1.54) is 12.8 Å². The number of ether oxygens (including phenoxy) is 1. The van der Waals surface area contributed by atoms with Crippen LogP contribution in [0.2, 0.25) is 0 Å². The van der Waals surface area contributed by atoms with Crippen molar-refractivity contribution in [2.75, 3.05) is 13.2 Å². The van der Waals surface area contributed by atoms with Gasteiger partial charge in [0.2, 0.25) is 0 Å². The molecule has 0 amide bonds. The van der Waals surface area contributed by atoms with Crippen LogP contribution in [0.3, 0.4) is 0 Å². The van der Waals surface area contributed by atoms with Gasteiger partial charge < -0.3 is 10.1 Å². The molecule has 3 heteroatoms. The van der Waals surface area contributed by atoms with E-state index < -0.39 is 0 Å². The van der Waals surface area contributed by atoms with E-state index in [1.54, 1.807) is 0 Å². The fraction of sp³-hybridized carbons (Fsp3) is 0.455. The maximum atomic E-state index is 5.63. The molecule has 0 radical (unpaired) electrons. The molecule has 1 aromatic carbocycles. The molecule has 0 aliphatic carbocycles. The number of nitrogens with one attached hydrogen (secondary N) is 1. The SMILES string of the molecule is Cl.c1ccc(OC[C@H]2CCCN2)cc1. The van der Waals surface area contributed by atoms with Crippen LogP contribution >= 0.6 is 12.4 Å². The predicted molar refractivity (Wildman–Crippen MR) is 60.2 cm³/mol. The highest BCUT2D eigenvalue weighted by Gasteiger charge is 2.13. The average Bonchev–Trinajstić information content (AvgIpc) is 2.69. The molecule has 0 unspecified atom stereocenters. The van der Waals surface area contributed by atoms with E-state index in [0.717, 1.165) is 18.9 Å². The van der Waals surface area contributed by atoms with E-state index >= 15 is 0 Å². The highest BCUT2D eigenvalue weighted by atomic mass is 35.5. The summed E-state index contributed by atoms with van der Waals surface area (Å²) in [7, 11) is 0. The summed E-state index contributed by atoms with van der Waals surface area (Å²) in [5.41, 5.74) is 0. The van der Waals surface area contributed by atoms with Crippen LogP contribution in [0, 0.1) is 0 Å². The Morgan fingerprint density at radius 3 is 2.71 bits per heavy atom. The minimum absolute atomic E-state index is 0. The van der Waals surface area contributed by atoms with Crippen molar-refractivity contribution in [1.29, 1.82) is 0 Å². The van der Waals surface area contributed by atoms with Gasteiger partial charge in [-0.05, 0) is 31.5 Å². The van der Waals surface area contributed by atoms with Gasteiger partial charge in [-0.3, -0.25) is 0 Å². The molecule has 1 N–H and O–H groups in total. The third-order valence-corrected chi connectivity index (χ3v) is 2.36. The van der Waals surface area contributed by atoms with Crippen LogP contribution in [0.25, 0.3) is 0 Å². The quantitative estimate of drug-likeness (QED) is 0.832. The summed E-state index contributed by atoms with van der Waals surface area (Å²) in [6.45, 7) is 1.94. The van der Waals surface area contributed by atoms with E-state index in [-0.39, 0.29) is 12.4 Å². The van der Waals surface area contributed by atoms with Crippen molar-refractivity contribution in [3.8, 4) is 5.75 Å². The van der Waals surface area contributed by atoms with Gasteiger partial charge in [0.1, 0.15) is 12.4 Å². The van der Waals surface area contributed by atoms with Crippen molar-refractivity contribution in [3.05, 3.63) is 30.3 Å². The Kier molecular flexibility index (Phi) is 4.77. The molecular weight excluding hydrogens is 198 g/mol. The van der Waals surface area contributed by atoms with Gasteiger partial charge in [-0.25, -0.2) is 0 Å². The van der Waals surface area contributed by atoms with Crippen molar-refractivity contribution in [2.24, 2.45) is 0 Å². The van der Waals surface area contributed by atoms with E-state index in [9.17, 15) is 0 Å². The van der Waals surface area contributed by atoms with Crippen LogP contribution in [0.5, 0.6) is 5.75 Å². The topological polar surface area (TPSA) is 21.3 Å². The first-order chi connectivity index (χ1) is 6.45. The van der Waals surface area contributed by atoms with Crippen LogP contribution in [-0.2, 0) is 0 Å². The summed E-state index contributed by atoms with van der Waals surface area (Å²) < 4.78 is 5.63. The number of rotatable bonds is 3. The summed E-state index contributed by atoms with van der Waals surface area (Å²) in [6, 6.07) is 10.5. The lowest BCUT2D eigenvalue weighted by atomic mass is 10.2. The Labute approximate surface area is 91.1 Å². The number of para-hydroxylation sites is 1. The molecule has 1 aromatic rings. The standard InChI is InChI=1S/C11H15NO.ClH/c1-2-6-11(7-3-1)13-9-10-5-4-8-12-10;/h1-3,6-7,10,12H,4-5,8-9H2;1H/t10-;/m1./s1. The van der Waals surface area contributed by atoms with Crippen LogP contribution in [0.4, 0.5) is 0 Å². The number of hydrogen-bond acceptors (Lipinski definition) is 2. The lowest BCUT2D eigenvalue weighted by Gasteiger charge is -2.11. The summed E-state index contributed by atoms with van der Waals surface area (Å²) in [6.07, 6.45) is 2.52. The molecular formula is C11H16ClNO. The van der Waals surface area contributed by atoms with Gasteiger partial charge in [-0.15, -0.1) is 12.4 Å². The molecule has 0 aromatic heterocycles. The largest absolute Gasteiger partial charge is 0.492 e. The summed E-state index contributed by atoms with van der Waals surface area (Å²) in [5.74, 6) is 0.969. The first-order valence-electron chi connectivity index (χ1n) is 4.86. The van der Waals surface area contributed by atoms with E-state index in [4.69, 9.17) is 4.74 Å². The molecule has 0 saturated carbocycles. The normalized spacial score (nSPS) is 20.1. The lowest BCUT2D eigenvalue weighted by molar-refractivity contribution is 0.277. The Morgan fingerprint density at radius 1 is 1.29 bits per heavy atom.